The van der Waals surface area contributed by atoms with Crippen molar-refractivity contribution in [2.24, 2.45) is 0 Å². The molecule has 0 aliphatic carbocycles. The van der Waals surface area contributed by atoms with Crippen LogP contribution in [-0.2, 0) is 4.79 Å². The van der Waals surface area contributed by atoms with E-state index in [1.54, 1.807) is 24.3 Å². The van der Waals surface area contributed by atoms with Crippen molar-refractivity contribution in [1.82, 2.24) is 10.2 Å². The predicted molar refractivity (Wildman–Crippen MR) is 127 cm³/mol. The van der Waals surface area contributed by atoms with Gasteiger partial charge in [0.05, 0.1) is 6.54 Å². The van der Waals surface area contributed by atoms with Crippen molar-refractivity contribution in [2.45, 2.75) is 39.5 Å². The van der Waals surface area contributed by atoms with Crippen LogP contribution in [0.4, 0.5) is 11.4 Å². The largest absolute Gasteiger partial charge is 0.376 e. The van der Waals surface area contributed by atoms with Gasteiger partial charge in [0, 0.05) is 23.5 Å². The van der Waals surface area contributed by atoms with E-state index in [-0.39, 0.29) is 18.4 Å². The van der Waals surface area contributed by atoms with Gasteiger partial charge >= 0.3 is 0 Å². The lowest BCUT2D eigenvalue weighted by molar-refractivity contribution is -0.114. The van der Waals surface area contributed by atoms with Crippen molar-refractivity contribution in [3.63, 3.8) is 0 Å². The highest BCUT2D eigenvalue weighted by Gasteiger charge is 2.11. The minimum Gasteiger partial charge on any atom is -0.376 e. The zero-order valence-electron chi connectivity index (χ0n) is 18.7. The van der Waals surface area contributed by atoms with Gasteiger partial charge in [0.25, 0.3) is 5.91 Å². The minimum absolute atomic E-state index is 0.0736. The summed E-state index contributed by atoms with van der Waals surface area (Å²) >= 11 is 0. The van der Waals surface area contributed by atoms with Gasteiger partial charge in [-0.25, -0.2) is 0 Å². The number of hydrogen-bond acceptors (Lipinski definition) is 4. The first-order valence-electron chi connectivity index (χ1n) is 11.2. The molecule has 3 N–H and O–H groups in total. The van der Waals surface area contributed by atoms with Crippen LogP contribution in [0.3, 0.4) is 0 Å². The average molecular weight is 423 g/mol. The Balaban J connectivity index is 1.36. The number of anilines is 2. The molecule has 1 aliphatic heterocycles. The van der Waals surface area contributed by atoms with Crippen molar-refractivity contribution in [2.75, 3.05) is 43.4 Å². The maximum absolute atomic E-state index is 12.3. The summed E-state index contributed by atoms with van der Waals surface area (Å²) in [5.74, 6) is -0.203. The fraction of sp³-hybridized carbons (Fsp3) is 0.440. The van der Waals surface area contributed by atoms with Gasteiger partial charge in [-0.2, -0.15) is 0 Å². The van der Waals surface area contributed by atoms with E-state index < -0.39 is 0 Å². The van der Waals surface area contributed by atoms with Crippen molar-refractivity contribution in [3.8, 4) is 0 Å². The zero-order valence-corrected chi connectivity index (χ0v) is 18.7. The number of hydrogen-bond donors (Lipinski definition) is 3. The lowest BCUT2D eigenvalue weighted by atomic mass is 10.1. The van der Waals surface area contributed by atoms with Gasteiger partial charge in [-0.1, -0.05) is 17.7 Å². The van der Waals surface area contributed by atoms with Crippen molar-refractivity contribution < 1.29 is 9.59 Å². The maximum Gasteiger partial charge on any atom is 0.251 e. The smallest absolute Gasteiger partial charge is 0.251 e. The van der Waals surface area contributed by atoms with Crippen LogP contribution in [0.25, 0.3) is 0 Å². The van der Waals surface area contributed by atoms with Crippen molar-refractivity contribution >= 4 is 23.2 Å². The first kappa shape index (κ1) is 22.8. The molecule has 0 saturated carbocycles. The summed E-state index contributed by atoms with van der Waals surface area (Å²) in [6, 6.07) is 13.1. The van der Waals surface area contributed by atoms with E-state index in [4.69, 9.17) is 0 Å². The van der Waals surface area contributed by atoms with Gasteiger partial charge in [-0.15, -0.1) is 0 Å². The Labute approximate surface area is 185 Å². The van der Waals surface area contributed by atoms with E-state index in [2.05, 4.69) is 26.9 Å². The molecule has 6 heteroatoms. The number of aryl methyl sites for hydroxylation is 2. The van der Waals surface area contributed by atoms with E-state index in [1.807, 2.05) is 26.0 Å². The van der Waals surface area contributed by atoms with E-state index in [0.717, 1.165) is 30.6 Å². The van der Waals surface area contributed by atoms with Crippen LogP contribution in [0.15, 0.2) is 42.5 Å². The second kappa shape index (κ2) is 11.5. The molecule has 2 aromatic rings. The molecule has 6 nitrogen and oxygen atoms in total. The number of amides is 2. The number of unbranched alkanes of at least 4 members (excludes halogenated alkanes) is 1. The molecule has 1 saturated heterocycles. The van der Waals surface area contributed by atoms with Gasteiger partial charge in [0.1, 0.15) is 0 Å². The third-order valence-electron chi connectivity index (χ3n) is 5.64. The molecule has 0 spiro atoms. The van der Waals surface area contributed by atoms with Crippen molar-refractivity contribution in [3.05, 3.63) is 59.2 Å². The normalized spacial score (nSPS) is 13.7. The Morgan fingerprint density at radius 3 is 2.42 bits per heavy atom. The molecule has 0 unspecified atom stereocenters. The Kier molecular flexibility index (Phi) is 8.47. The number of carbonyl (C=O) groups is 2. The summed E-state index contributed by atoms with van der Waals surface area (Å²) < 4.78 is 0. The van der Waals surface area contributed by atoms with E-state index >= 15 is 0 Å². The molecule has 1 heterocycles. The highest BCUT2D eigenvalue weighted by atomic mass is 16.2. The molecule has 0 bridgehead atoms. The number of rotatable bonds is 10. The summed E-state index contributed by atoms with van der Waals surface area (Å²) in [4.78, 5) is 27.0. The molecule has 0 radical (unpaired) electrons. The lowest BCUT2D eigenvalue weighted by Gasteiger charge is -2.14. The van der Waals surface area contributed by atoms with Gasteiger partial charge in [-0.05, 0) is 95.1 Å². The first-order valence-corrected chi connectivity index (χ1v) is 11.2. The van der Waals surface area contributed by atoms with Gasteiger partial charge in [0.15, 0.2) is 0 Å². The topological polar surface area (TPSA) is 73.5 Å². The highest BCUT2D eigenvalue weighted by Crippen LogP contribution is 2.16. The van der Waals surface area contributed by atoms with Crippen LogP contribution in [0.5, 0.6) is 0 Å². The first-order chi connectivity index (χ1) is 15.0. The molecular weight excluding hydrogens is 388 g/mol. The Morgan fingerprint density at radius 1 is 0.968 bits per heavy atom. The van der Waals surface area contributed by atoms with Crippen LogP contribution in [0.1, 0.15) is 47.2 Å². The third kappa shape index (κ3) is 7.40. The summed E-state index contributed by atoms with van der Waals surface area (Å²) in [6.45, 7) is 8.50. The molecule has 3 rings (SSSR count). The summed E-state index contributed by atoms with van der Waals surface area (Å²) in [5, 5.41) is 9.00. The van der Waals surface area contributed by atoms with Gasteiger partial charge < -0.3 is 20.9 Å². The fourth-order valence-electron chi connectivity index (χ4n) is 3.87. The SMILES string of the molecule is Cc1ccc(NCC(=O)Nc2ccc(C(=O)NCCCCN3CCCC3)cc2)c(C)c1. The quantitative estimate of drug-likeness (QED) is 0.507. The summed E-state index contributed by atoms with van der Waals surface area (Å²) in [5.41, 5.74) is 4.53. The highest BCUT2D eigenvalue weighted by molar-refractivity contribution is 5.96. The number of nitrogens with zero attached hydrogens (tertiary/aromatic N) is 1. The second-order valence-corrected chi connectivity index (χ2v) is 8.31. The number of nitrogens with one attached hydrogen (secondary N) is 3. The minimum atomic E-state index is -0.129. The second-order valence-electron chi connectivity index (χ2n) is 8.31. The lowest BCUT2D eigenvalue weighted by Crippen LogP contribution is -2.26. The molecule has 31 heavy (non-hydrogen) atoms. The van der Waals surface area contributed by atoms with Gasteiger partial charge in [-0.3, -0.25) is 9.59 Å². The van der Waals surface area contributed by atoms with Crippen LogP contribution >= 0.6 is 0 Å². The van der Waals surface area contributed by atoms with Crippen LogP contribution in [0, 0.1) is 13.8 Å². The third-order valence-corrected chi connectivity index (χ3v) is 5.64. The summed E-state index contributed by atoms with van der Waals surface area (Å²) in [6.07, 6.45) is 4.73. The zero-order chi connectivity index (χ0) is 22.1. The Hall–Kier alpha value is -2.86. The van der Waals surface area contributed by atoms with Crippen LogP contribution in [0.2, 0.25) is 0 Å². The van der Waals surface area contributed by atoms with E-state index in [1.165, 1.54) is 31.5 Å². The number of benzene rings is 2. The molecule has 0 aromatic heterocycles. The predicted octanol–water partition coefficient (Wildman–Crippen LogP) is 3.96. The van der Waals surface area contributed by atoms with Crippen molar-refractivity contribution in [1.29, 1.82) is 0 Å². The molecule has 0 atom stereocenters. The standard InChI is InChI=1S/C25H34N4O2/c1-19-7-12-23(20(2)17-19)27-18-24(30)28-22-10-8-21(9-11-22)25(31)26-13-3-4-14-29-15-5-6-16-29/h7-12,17,27H,3-6,13-16,18H2,1-2H3,(H,26,31)(H,28,30). The van der Waals surface area contributed by atoms with Crippen LogP contribution in [-0.4, -0.2) is 49.4 Å². The maximum atomic E-state index is 12.3. The monoisotopic (exact) mass is 422 g/mol. The van der Waals surface area contributed by atoms with E-state index in [9.17, 15) is 9.59 Å². The van der Waals surface area contributed by atoms with E-state index in [0.29, 0.717) is 17.8 Å². The van der Waals surface area contributed by atoms with Gasteiger partial charge in [0.2, 0.25) is 5.91 Å². The molecule has 1 fully saturated rings. The fourth-order valence-corrected chi connectivity index (χ4v) is 3.87. The molecule has 2 aromatic carbocycles. The molecule has 1 aliphatic rings. The summed E-state index contributed by atoms with van der Waals surface area (Å²) in [7, 11) is 0. The number of likely N-dealkylation sites (tertiary alicyclic amines) is 1. The molecule has 166 valence electrons. The number of carbonyl (C=O) groups excluding carboxylic acids is 2. The molecular formula is C25H34N4O2. The average Bonchev–Trinajstić information content (AvgIpc) is 3.27. The molecule has 2 amide bonds. The van der Waals surface area contributed by atoms with Crippen LogP contribution < -0.4 is 16.0 Å². The Bertz CT molecular complexity index is 874. The Morgan fingerprint density at radius 2 is 1.71 bits per heavy atom.